The monoisotopic (exact) mass is 379 g/mol. The van der Waals surface area contributed by atoms with Gasteiger partial charge in [-0.3, -0.25) is 0 Å². The predicted molar refractivity (Wildman–Crippen MR) is 103 cm³/mol. The minimum absolute atomic E-state index is 0.343. The lowest BCUT2D eigenvalue weighted by Gasteiger charge is -2.11. The van der Waals surface area contributed by atoms with E-state index in [0.717, 1.165) is 29.7 Å². The lowest BCUT2D eigenvalue weighted by Crippen LogP contribution is -2.06. The van der Waals surface area contributed by atoms with Gasteiger partial charge in [0, 0.05) is 36.8 Å². The molecule has 142 valence electrons. The summed E-state index contributed by atoms with van der Waals surface area (Å²) >= 11 is 1.59. The summed E-state index contributed by atoms with van der Waals surface area (Å²) < 4.78 is 17.5. The molecule has 7 nitrogen and oxygen atoms in total. The number of anilines is 1. The van der Waals surface area contributed by atoms with Crippen molar-refractivity contribution in [2.45, 2.75) is 25.5 Å². The predicted octanol–water partition coefficient (Wildman–Crippen LogP) is 3.30. The first-order chi connectivity index (χ1) is 12.6. The fourth-order valence-corrected chi connectivity index (χ4v) is 3.23. The number of nitrogens with one attached hydrogen (secondary N) is 1. The number of aromatic nitrogens is 2. The van der Waals surface area contributed by atoms with E-state index in [-0.39, 0.29) is 5.97 Å². The van der Waals surface area contributed by atoms with Crippen molar-refractivity contribution in [2.75, 3.05) is 38.4 Å². The summed E-state index contributed by atoms with van der Waals surface area (Å²) in [5.74, 6) is 1.80. The number of carbonyl (C=O) groups is 1. The van der Waals surface area contributed by atoms with Crippen LogP contribution in [-0.4, -0.2) is 48.6 Å². The number of aryl methyl sites for hydroxylation is 1. The van der Waals surface area contributed by atoms with Gasteiger partial charge in [0.2, 0.25) is 0 Å². The van der Waals surface area contributed by atoms with Gasteiger partial charge in [-0.05, 0) is 26.0 Å². The molecule has 1 heterocycles. The third kappa shape index (κ3) is 5.08. The molecule has 2 aromatic rings. The van der Waals surface area contributed by atoms with Crippen molar-refractivity contribution in [1.82, 2.24) is 9.55 Å². The van der Waals surface area contributed by atoms with Gasteiger partial charge in [0.25, 0.3) is 0 Å². The number of carbonyl (C=O) groups excluding carboxylic acids is 1. The maximum Gasteiger partial charge on any atom is 0.358 e. The molecule has 0 saturated carbocycles. The highest BCUT2D eigenvalue weighted by Crippen LogP contribution is 2.29. The molecule has 0 aliphatic carbocycles. The molecule has 8 heteroatoms. The molecular formula is C18H25N3O4S. The van der Waals surface area contributed by atoms with E-state index in [1.54, 1.807) is 39.1 Å². The van der Waals surface area contributed by atoms with Gasteiger partial charge in [-0.25, -0.2) is 9.78 Å². The Morgan fingerprint density at radius 1 is 1.23 bits per heavy atom. The van der Waals surface area contributed by atoms with E-state index in [9.17, 15) is 4.79 Å². The van der Waals surface area contributed by atoms with Gasteiger partial charge in [0.15, 0.2) is 22.3 Å². The average molecular weight is 379 g/mol. The van der Waals surface area contributed by atoms with Gasteiger partial charge < -0.3 is 24.1 Å². The summed E-state index contributed by atoms with van der Waals surface area (Å²) in [5.41, 5.74) is 1.30. The van der Waals surface area contributed by atoms with Gasteiger partial charge >= 0.3 is 5.97 Å². The Bertz CT molecular complexity index is 733. The number of benzene rings is 1. The van der Waals surface area contributed by atoms with Crippen LogP contribution in [0.3, 0.4) is 0 Å². The third-order valence-corrected chi connectivity index (χ3v) is 4.60. The van der Waals surface area contributed by atoms with Crippen LogP contribution in [0.5, 0.6) is 11.5 Å². The molecule has 0 unspecified atom stereocenters. The van der Waals surface area contributed by atoms with E-state index in [1.165, 1.54) is 0 Å². The number of thioether (sulfide) groups is 1. The quantitative estimate of drug-likeness (QED) is 0.386. The largest absolute Gasteiger partial charge is 0.493 e. The SMILES string of the molecule is CCOC(=O)c1cn(CC)c(SCCNc2ccc(OC)c(OC)c2)n1. The number of rotatable bonds is 10. The molecule has 0 radical (unpaired) electrons. The first kappa shape index (κ1) is 20.0. The molecular weight excluding hydrogens is 354 g/mol. The van der Waals surface area contributed by atoms with Crippen LogP contribution in [0.25, 0.3) is 0 Å². The van der Waals surface area contributed by atoms with Crippen LogP contribution in [0.1, 0.15) is 24.3 Å². The first-order valence-electron chi connectivity index (χ1n) is 8.45. The molecule has 0 aliphatic heterocycles. The highest BCUT2D eigenvalue weighted by Gasteiger charge is 2.14. The average Bonchev–Trinajstić information content (AvgIpc) is 3.08. The minimum Gasteiger partial charge on any atom is -0.493 e. The van der Waals surface area contributed by atoms with E-state index in [2.05, 4.69) is 10.3 Å². The Balaban J connectivity index is 1.90. The zero-order valence-corrected chi connectivity index (χ0v) is 16.4. The maximum absolute atomic E-state index is 11.8. The second-order valence-electron chi connectivity index (χ2n) is 5.26. The lowest BCUT2D eigenvalue weighted by molar-refractivity contribution is 0.0519. The Morgan fingerprint density at radius 2 is 2.00 bits per heavy atom. The number of imidazole rings is 1. The molecule has 0 fully saturated rings. The summed E-state index contributed by atoms with van der Waals surface area (Å²) in [6.07, 6.45) is 1.74. The van der Waals surface area contributed by atoms with Gasteiger partial charge in [-0.1, -0.05) is 11.8 Å². The smallest absolute Gasteiger partial charge is 0.358 e. The minimum atomic E-state index is -0.384. The maximum atomic E-state index is 11.8. The van der Waals surface area contributed by atoms with Crippen LogP contribution in [0.4, 0.5) is 5.69 Å². The standard InChI is InChI=1S/C18H25N3O4S/c1-5-21-12-14(17(22)25-6-2)20-18(21)26-10-9-19-13-7-8-15(23-3)16(11-13)24-4/h7-8,11-12,19H,5-6,9-10H2,1-4H3. The summed E-state index contributed by atoms with van der Waals surface area (Å²) in [5, 5.41) is 4.15. The number of hydrogen-bond acceptors (Lipinski definition) is 7. The molecule has 2 rings (SSSR count). The molecule has 0 saturated heterocycles. The van der Waals surface area contributed by atoms with Crippen molar-refractivity contribution in [3.8, 4) is 11.5 Å². The van der Waals surface area contributed by atoms with Crippen LogP contribution >= 0.6 is 11.8 Å². The van der Waals surface area contributed by atoms with Gasteiger partial charge in [0.1, 0.15) is 0 Å². The van der Waals surface area contributed by atoms with Gasteiger partial charge in [0.05, 0.1) is 20.8 Å². The van der Waals surface area contributed by atoms with Crippen molar-refractivity contribution in [3.05, 3.63) is 30.1 Å². The van der Waals surface area contributed by atoms with Crippen LogP contribution < -0.4 is 14.8 Å². The summed E-state index contributed by atoms with van der Waals surface area (Å²) in [6, 6.07) is 5.71. The Hall–Kier alpha value is -2.35. The third-order valence-electron chi connectivity index (χ3n) is 3.61. The summed E-state index contributed by atoms with van der Waals surface area (Å²) in [7, 11) is 3.23. The van der Waals surface area contributed by atoms with Crippen molar-refractivity contribution >= 4 is 23.4 Å². The first-order valence-corrected chi connectivity index (χ1v) is 9.44. The number of methoxy groups -OCH3 is 2. The molecule has 0 aliphatic rings. The zero-order chi connectivity index (χ0) is 18.9. The highest BCUT2D eigenvalue weighted by molar-refractivity contribution is 7.99. The molecule has 0 spiro atoms. The van der Waals surface area contributed by atoms with E-state index in [1.807, 2.05) is 29.7 Å². The molecule has 1 N–H and O–H groups in total. The van der Waals surface area contributed by atoms with Crippen LogP contribution in [0.2, 0.25) is 0 Å². The van der Waals surface area contributed by atoms with Crippen LogP contribution in [-0.2, 0) is 11.3 Å². The van der Waals surface area contributed by atoms with Crippen molar-refractivity contribution in [2.24, 2.45) is 0 Å². The molecule has 1 aromatic carbocycles. The van der Waals surface area contributed by atoms with Crippen LogP contribution in [0.15, 0.2) is 29.6 Å². The Kier molecular flexibility index (Phi) is 7.65. The second-order valence-corrected chi connectivity index (χ2v) is 6.32. The zero-order valence-electron chi connectivity index (χ0n) is 15.6. The normalized spacial score (nSPS) is 10.5. The van der Waals surface area contributed by atoms with Crippen LogP contribution in [0, 0.1) is 0 Å². The van der Waals surface area contributed by atoms with E-state index >= 15 is 0 Å². The Morgan fingerprint density at radius 3 is 2.65 bits per heavy atom. The number of esters is 1. The fourth-order valence-electron chi connectivity index (χ4n) is 2.33. The second kappa shape index (κ2) is 9.96. The number of ether oxygens (including phenoxy) is 3. The Labute approximate surface area is 158 Å². The van der Waals surface area contributed by atoms with E-state index in [0.29, 0.717) is 23.8 Å². The van der Waals surface area contributed by atoms with Crippen molar-refractivity contribution in [3.63, 3.8) is 0 Å². The van der Waals surface area contributed by atoms with E-state index < -0.39 is 0 Å². The molecule has 0 atom stereocenters. The topological polar surface area (TPSA) is 74.6 Å². The summed E-state index contributed by atoms with van der Waals surface area (Å²) in [6.45, 7) is 5.63. The molecule has 1 aromatic heterocycles. The highest BCUT2D eigenvalue weighted by atomic mass is 32.2. The molecule has 26 heavy (non-hydrogen) atoms. The molecule has 0 amide bonds. The van der Waals surface area contributed by atoms with Crippen molar-refractivity contribution < 1.29 is 19.0 Å². The van der Waals surface area contributed by atoms with Gasteiger partial charge in [-0.2, -0.15) is 0 Å². The van der Waals surface area contributed by atoms with Crippen molar-refractivity contribution in [1.29, 1.82) is 0 Å². The molecule has 0 bridgehead atoms. The number of nitrogens with zero attached hydrogens (tertiary/aromatic N) is 2. The fraction of sp³-hybridized carbons (Fsp3) is 0.444. The lowest BCUT2D eigenvalue weighted by atomic mass is 10.2. The summed E-state index contributed by atoms with van der Waals surface area (Å²) in [4.78, 5) is 16.2. The van der Waals surface area contributed by atoms with E-state index in [4.69, 9.17) is 14.2 Å². The number of hydrogen-bond donors (Lipinski definition) is 1. The van der Waals surface area contributed by atoms with Gasteiger partial charge in [-0.15, -0.1) is 0 Å².